The van der Waals surface area contributed by atoms with Gasteiger partial charge in [-0.2, -0.15) is 0 Å². The van der Waals surface area contributed by atoms with E-state index < -0.39 is 0 Å². The molecule has 0 radical (unpaired) electrons. The number of imidazole rings is 1. The largest absolute Gasteiger partial charge is 0.338 e. The van der Waals surface area contributed by atoms with Crippen molar-refractivity contribution in [1.29, 1.82) is 0 Å². The highest BCUT2D eigenvalue weighted by Crippen LogP contribution is 2.22. The molecule has 3 N–H and O–H groups in total. The third kappa shape index (κ3) is 3.78. The van der Waals surface area contributed by atoms with Crippen LogP contribution in [0.3, 0.4) is 0 Å². The summed E-state index contributed by atoms with van der Waals surface area (Å²) in [6, 6.07) is 15.6. The molecular weight excluding hydrogens is 320 g/mol. The van der Waals surface area contributed by atoms with Gasteiger partial charge in [0, 0.05) is 17.7 Å². The van der Waals surface area contributed by atoms with E-state index in [1.807, 2.05) is 55.5 Å². The molecule has 0 saturated carbocycles. The van der Waals surface area contributed by atoms with Crippen LogP contribution in [0, 0.1) is 0 Å². The number of aromatic nitrogens is 2. The Morgan fingerprint density at radius 1 is 1.21 bits per heavy atom. The molecule has 0 atom stereocenters. The van der Waals surface area contributed by atoms with Crippen molar-refractivity contribution in [2.75, 3.05) is 5.32 Å². The maximum atomic E-state index is 11.6. The molecule has 0 bridgehead atoms. The first-order valence-electron chi connectivity index (χ1n) is 7.81. The lowest BCUT2D eigenvalue weighted by Gasteiger charge is -2.10. The first-order chi connectivity index (χ1) is 11.7. The number of para-hydroxylation sites is 2. The number of amides is 1. The number of aromatic amines is 1. The summed E-state index contributed by atoms with van der Waals surface area (Å²) in [6.07, 6.45) is 1.25. The van der Waals surface area contributed by atoms with Crippen molar-refractivity contribution < 1.29 is 4.79 Å². The minimum atomic E-state index is -0.0801. The van der Waals surface area contributed by atoms with Crippen molar-refractivity contribution in [2.24, 2.45) is 0 Å². The van der Waals surface area contributed by atoms with E-state index >= 15 is 0 Å². The fourth-order valence-corrected chi connectivity index (χ4v) is 2.64. The number of fused-ring (bicyclic) bond motifs is 1. The van der Waals surface area contributed by atoms with Crippen LogP contribution in [0.4, 0.5) is 5.69 Å². The number of nitrogens with zero attached hydrogens (tertiary/aromatic N) is 1. The van der Waals surface area contributed by atoms with Gasteiger partial charge in [-0.1, -0.05) is 31.2 Å². The molecule has 2 aromatic carbocycles. The van der Waals surface area contributed by atoms with Crippen molar-refractivity contribution >= 4 is 40.0 Å². The van der Waals surface area contributed by atoms with Crippen LogP contribution in [0.5, 0.6) is 0 Å². The topological polar surface area (TPSA) is 69.8 Å². The normalized spacial score (nSPS) is 10.5. The highest BCUT2D eigenvalue weighted by Gasteiger charge is 2.07. The Morgan fingerprint density at radius 3 is 2.83 bits per heavy atom. The lowest BCUT2D eigenvalue weighted by atomic mass is 10.2. The van der Waals surface area contributed by atoms with E-state index in [0.29, 0.717) is 11.5 Å². The Kier molecular flexibility index (Phi) is 4.86. The van der Waals surface area contributed by atoms with Gasteiger partial charge in [0.25, 0.3) is 0 Å². The fourth-order valence-electron chi connectivity index (χ4n) is 2.41. The molecule has 0 fully saturated rings. The number of carbonyl (C=O) groups excluding carboxylic acids is 1. The second-order valence-electron chi connectivity index (χ2n) is 5.44. The Labute approximate surface area is 145 Å². The molecule has 0 unspecified atom stereocenters. The lowest BCUT2D eigenvalue weighted by Crippen LogP contribution is -2.33. The van der Waals surface area contributed by atoms with Gasteiger partial charge in [0.05, 0.1) is 11.0 Å². The van der Waals surface area contributed by atoms with Gasteiger partial charge in [0.15, 0.2) is 5.11 Å². The molecule has 24 heavy (non-hydrogen) atoms. The zero-order valence-corrected chi connectivity index (χ0v) is 14.1. The fraction of sp³-hybridized carbons (Fsp3) is 0.167. The number of carbonyl (C=O) groups is 1. The number of anilines is 1. The molecule has 3 aromatic rings. The standard InChI is InChI=1S/C18H18N4OS/c1-2-6-16(23)22-18(24)19-13-8-5-7-12(11-13)17-20-14-9-3-4-10-15(14)21-17/h3-5,7-11H,2,6H2,1H3,(H,20,21)(H2,19,22,23,24). The van der Waals surface area contributed by atoms with Gasteiger partial charge in [-0.3, -0.25) is 4.79 Å². The smallest absolute Gasteiger partial charge is 0.226 e. The number of thiocarbonyl (C=S) groups is 1. The van der Waals surface area contributed by atoms with Crippen molar-refractivity contribution in [1.82, 2.24) is 15.3 Å². The molecule has 0 saturated heterocycles. The van der Waals surface area contributed by atoms with Gasteiger partial charge in [-0.05, 0) is 42.9 Å². The Morgan fingerprint density at radius 2 is 2.04 bits per heavy atom. The molecule has 0 spiro atoms. The summed E-state index contributed by atoms with van der Waals surface area (Å²) in [5.74, 6) is 0.712. The number of hydrogen-bond acceptors (Lipinski definition) is 3. The first kappa shape index (κ1) is 16.1. The van der Waals surface area contributed by atoms with Crippen LogP contribution in [-0.2, 0) is 4.79 Å². The lowest BCUT2D eigenvalue weighted by molar-refractivity contribution is -0.119. The average molecular weight is 338 g/mol. The molecule has 6 heteroatoms. The van der Waals surface area contributed by atoms with E-state index in [1.165, 1.54) is 0 Å². The highest BCUT2D eigenvalue weighted by atomic mass is 32.1. The van der Waals surface area contributed by atoms with Gasteiger partial charge in [-0.25, -0.2) is 4.98 Å². The number of nitrogens with one attached hydrogen (secondary N) is 3. The molecule has 5 nitrogen and oxygen atoms in total. The molecule has 0 aliphatic carbocycles. The summed E-state index contributed by atoms with van der Waals surface area (Å²) < 4.78 is 0. The minimum Gasteiger partial charge on any atom is -0.338 e. The second kappa shape index (κ2) is 7.23. The maximum absolute atomic E-state index is 11.6. The maximum Gasteiger partial charge on any atom is 0.226 e. The van der Waals surface area contributed by atoms with E-state index in [1.54, 1.807) is 0 Å². The Bertz CT molecular complexity index is 854. The third-order valence-corrected chi connectivity index (χ3v) is 3.72. The molecule has 1 aromatic heterocycles. The summed E-state index contributed by atoms with van der Waals surface area (Å²) in [6.45, 7) is 1.95. The molecule has 122 valence electrons. The zero-order chi connectivity index (χ0) is 16.9. The predicted octanol–water partition coefficient (Wildman–Crippen LogP) is 3.84. The zero-order valence-electron chi connectivity index (χ0n) is 13.3. The van der Waals surface area contributed by atoms with Crippen LogP contribution in [-0.4, -0.2) is 21.0 Å². The summed E-state index contributed by atoms with van der Waals surface area (Å²) in [4.78, 5) is 19.5. The molecule has 0 aliphatic rings. The number of H-pyrrole nitrogens is 1. The van der Waals surface area contributed by atoms with Gasteiger partial charge in [0.1, 0.15) is 5.82 Å². The highest BCUT2D eigenvalue weighted by molar-refractivity contribution is 7.80. The predicted molar refractivity (Wildman–Crippen MR) is 101 cm³/mol. The van der Waals surface area contributed by atoms with E-state index in [0.717, 1.165) is 34.5 Å². The van der Waals surface area contributed by atoms with E-state index in [-0.39, 0.29) is 5.91 Å². The average Bonchev–Trinajstić information content (AvgIpc) is 2.99. The Hall–Kier alpha value is -2.73. The Balaban J connectivity index is 1.76. The summed E-state index contributed by atoms with van der Waals surface area (Å²) in [5, 5.41) is 6.00. The van der Waals surface area contributed by atoms with Crippen LogP contribution in [0.15, 0.2) is 48.5 Å². The number of rotatable bonds is 4. The van der Waals surface area contributed by atoms with E-state index in [4.69, 9.17) is 12.2 Å². The molecule has 3 rings (SSSR count). The van der Waals surface area contributed by atoms with Crippen molar-refractivity contribution in [2.45, 2.75) is 19.8 Å². The first-order valence-corrected chi connectivity index (χ1v) is 8.22. The third-order valence-electron chi connectivity index (χ3n) is 3.51. The summed E-state index contributed by atoms with van der Waals surface area (Å²) in [5.41, 5.74) is 3.66. The molecule has 1 heterocycles. The van der Waals surface area contributed by atoms with Crippen LogP contribution >= 0.6 is 12.2 Å². The monoisotopic (exact) mass is 338 g/mol. The van der Waals surface area contributed by atoms with Gasteiger partial charge < -0.3 is 15.6 Å². The molecular formula is C18H18N4OS. The summed E-state index contributed by atoms with van der Waals surface area (Å²) >= 11 is 5.17. The second-order valence-corrected chi connectivity index (χ2v) is 5.84. The van der Waals surface area contributed by atoms with Crippen molar-refractivity contribution in [3.8, 4) is 11.4 Å². The van der Waals surface area contributed by atoms with Crippen molar-refractivity contribution in [3.63, 3.8) is 0 Å². The number of benzene rings is 2. The van der Waals surface area contributed by atoms with Crippen LogP contribution < -0.4 is 10.6 Å². The van der Waals surface area contributed by atoms with E-state index in [2.05, 4.69) is 20.6 Å². The molecule has 0 aliphatic heterocycles. The minimum absolute atomic E-state index is 0.0801. The van der Waals surface area contributed by atoms with E-state index in [9.17, 15) is 4.79 Å². The summed E-state index contributed by atoms with van der Waals surface area (Å²) in [7, 11) is 0. The van der Waals surface area contributed by atoms with Gasteiger partial charge in [-0.15, -0.1) is 0 Å². The molecule has 1 amide bonds. The SMILES string of the molecule is CCCC(=O)NC(=S)Nc1cccc(-c2nc3ccccc3[nH]2)c1. The van der Waals surface area contributed by atoms with Crippen LogP contribution in [0.1, 0.15) is 19.8 Å². The van der Waals surface area contributed by atoms with Gasteiger partial charge >= 0.3 is 0 Å². The van der Waals surface area contributed by atoms with Crippen LogP contribution in [0.2, 0.25) is 0 Å². The van der Waals surface area contributed by atoms with Crippen molar-refractivity contribution in [3.05, 3.63) is 48.5 Å². The number of hydrogen-bond donors (Lipinski definition) is 3. The van der Waals surface area contributed by atoms with Gasteiger partial charge in [0.2, 0.25) is 5.91 Å². The quantitative estimate of drug-likeness (QED) is 0.632. The van der Waals surface area contributed by atoms with Crippen LogP contribution in [0.25, 0.3) is 22.4 Å².